The van der Waals surface area contributed by atoms with Gasteiger partial charge in [0.1, 0.15) is 6.61 Å². The first-order valence-corrected chi connectivity index (χ1v) is 9.90. The molecule has 5 rings (SSSR count). The van der Waals surface area contributed by atoms with Crippen LogP contribution >= 0.6 is 11.6 Å². The first-order chi connectivity index (χ1) is 14.7. The summed E-state index contributed by atoms with van der Waals surface area (Å²) in [6.07, 6.45) is 0.882. The predicted octanol–water partition coefficient (Wildman–Crippen LogP) is 4.94. The fourth-order valence-corrected chi connectivity index (χ4v) is 3.96. The van der Waals surface area contributed by atoms with Crippen LogP contribution in [-0.4, -0.2) is 24.8 Å². The van der Waals surface area contributed by atoms with Crippen LogP contribution in [-0.2, 0) is 4.79 Å². The lowest BCUT2D eigenvalue weighted by Crippen LogP contribution is -2.42. The molecule has 1 unspecified atom stereocenters. The Hall–Kier alpha value is -3.57. The molecule has 4 aromatic rings. The zero-order valence-corrected chi connectivity index (χ0v) is 16.6. The first kappa shape index (κ1) is 18.5. The van der Waals surface area contributed by atoms with Gasteiger partial charge in [-0.15, -0.1) is 0 Å². The van der Waals surface area contributed by atoms with Crippen molar-refractivity contribution in [2.75, 3.05) is 6.61 Å². The molecule has 0 spiro atoms. The summed E-state index contributed by atoms with van der Waals surface area (Å²) in [4.78, 5) is 12.5. The smallest absolute Gasteiger partial charge is 0.284 e. The van der Waals surface area contributed by atoms with Crippen LogP contribution < -0.4 is 14.9 Å². The van der Waals surface area contributed by atoms with Gasteiger partial charge in [0.05, 0.1) is 11.2 Å². The van der Waals surface area contributed by atoms with E-state index in [0.717, 1.165) is 27.1 Å². The van der Waals surface area contributed by atoms with E-state index in [2.05, 4.69) is 10.5 Å². The molecule has 4 aromatic carbocycles. The van der Waals surface area contributed by atoms with Crippen molar-refractivity contribution in [3.8, 4) is 11.5 Å². The summed E-state index contributed by atoms with van der Waals surface area (Å²) in [5.41, 5.74) is 3.45. The van der Waals surface area contributed by atoms with E-state index in [9.17, 15) is 4.79 Å². The van der Waals surface area contributed by atoms with Crippen LogP contribution in [0.1, 0.15) is 5.56 Å². The van der Waals surface area contributed by atoms with Gasteiger partial charge in [0.25, 0.3) is 5.91 Å². The highest BCUT2D eigenvalue weighted by Crippen LogP contribution is 2.35. The minimum absolute atomic E-state index is 0.130. The third kappa shape index (κ3) is 3.23. The maximum Gasteiger partial charge on any atom is 0.284 e. The highest BCUT2D eigenvalue weighted by molar-refractivity contribution is 6.42. The largest absolute Gasteiger partial charge is 0.485 e. The average Bonchev–Trinajstić information content (AvgIpc) is 2.81. The number of carbonyl (C=O) groups excluding carboxylic acids is 1. The second-order valence-electron chi connectivity index (χ2n) is 6.92. The minimum Gasteiger partial charge on any atom is -0.485 e. The Morgan fingerprint density at radius 3 is 2.13 bits per heavy atom. The number of fused-ring (bicyclic) bond motifs is 3. The van der Waals surface area contributed by atoms with E-state index in [-0.39, 0.29) is 12.5 Å². The number of amides is 1. The van der Waals surface area contributed by atoms with E-state index in [4.69, 9.17) is 21.1 Å². The van der Waals surface area contributed by atoms with Gasteiger partial charge in [-0.05, 0) is 22.9 Å². The molecule has 1 aliphatic rings. The van der Waals surface area contributed by atoms with E-state index >= 15 is 0 Å². The van der Waals surface area contributed by atoms with Crippen molar-refractivity contribution in [1.29, 1.82) is 0 Å². The van der Waals surface area contributed by atoms with Gasteiger partial charge in [0, 0.05) is 16.3 Å². The zero-order chi connectivity index (χ0) is 20.5. The van der Waals surface area contributed by atoms with Crippen LogP contribution in [0.5, 0.6) is 11.5 Å². The SMILES string of the molecule is O=C(NN=Cc1c2ccccc2c(Cl)c2ccccc12)C1COc2ccccc2O1. The topological polar surface area (TPSA) is 59.9 Å². The number of carbonyl (C=O) groups is 1. The molecule has 1 heterocycles. The molecular weight excluding hydrogens is 400 g/mol. The number of benzene rings is 4. The van der Waals surface area contributed by atoms with Gasteiger partial charge in [0.15, 0.2) is 11.5 Å². The second-order valence-corrected chi connectivity index (χ2v) is 7.30. The maximum atomic E-state index is 12.5. The first-order valence-electron chi connectivity index (χ1n) is 9.53. The van der Waals surface area contributed by atoms with Gasteiger partial charge in [-0.1, -0.05) is 72.3 Å². The lowest BCUT2D eigenvalue weighted by molar-refractivity contribution is -0.130. The normalized spacial score (nSPS) is 15.6. The van der Waals surface area contributed by atoms with Crippen molar-refractivity contribution in [3.05, 3.63) is 83.4 Å². The number of rotatable bonds is 3. The zero-order valence-electron chi connectivity index (χ0n) is 15.8. The molecule has 148 valence electrons. The molecule has 1 atom stereocenters. The number of hydrazone groups is 1. The second kappa shape index (κ2) is 7.69. The Morgan fingerprint density at radius 1 is 0.900 bits per heavy atom. The molecule has 0 aromatic heterocycles. The molecule has 1 amide bonds. The summed E-state index contributed by atoms with van der Waals surface area (Å²) in [5.74, 6) is 0.801. The fraction of sp³-hybridized carbons (Fsp3) is 0.0833. The van der Waals surface area contributed by atoms with Gasteiger partial charge < -0.3 is 9.47 Å². The third-order valence-electron chi connectivity index (χ3n) is 5.08. The number of halogens is 1. The van der Waals surface area contributed by atoms with Gasteiger partial charge >= 0.3 is 0 Å². The number of ether oxygens (including phenoxy) is 2. The molecule has 30 heavy (non-hydrogen) atoms. The van der Waals surface area contributed by atoms with Crippen molar-refractivity contribution in [3.63, 3.8) is 0 Å². The van der Waals surface area contributed by atoms with Crippen LogP contribution in [0, 0.1) is 0 Å². The van der Waals surface area contributed by atoms with Crippen molar-refractivity contribution >= 4 is 45.3 Å². The van der Waals surface area contributed by atoms with Crippen LogP contribution in [0.2, 0.25) is 5.02 Å². The molecular formula is C24H17ClN2O3. The Morgan fingerprint density at radius 2 is 1.47 bits per heavy atom. The van der Waals surface area contributed by atoms with Crippen LogP contribution in [0.4, 0.5) is 0 Å². The summed E-state index contributed by atoms with van der Waals surface area (Å²) in [6.45, 7) is 0.130. The molecule has 0 saturated carbocycles. The molecule has 0 aliphatic carbocycles. The van der Waals surface area contributed by atoms with Gasteiger partial charge in [-0.2, -0.15) is 5.10 Å². The number of para-hydroxylation sites is 2. The molecule has 1 N–H and O–H groups in total. The monoisotopic (exact) mass is 416 g/mol. The van der Waals surface area contributed by atoms with Crippen LogP contribution in [0.15, 0.2) is 77.9 Å². The Labute approximate surface area is 177 Å². The van der Waals surface area contributed by atoms with Crippen LogP contribution in [0.25, 0.3) is 21.5 Å². The molecule has 5 nitrogen and oxygen atoms in total. The lowest BCUT2D eigenvalue weighted by atomic mass is 9.97. The lowest BCUT2D eigenvalue weighted by Gasteiger charge is -2.24. The van der Waals surface area contributed by atoms with E-state index in [1.807, 2.05) is 60.7 Å². The van der Waals surface area contributed by atoms with Crippen molar-refractivity contribution in [2.24, 2.45) is 5.10 Å². The third-order valence-corrected chi connectivity index (χ3v) is 5.48. The van der Waals surface area contributed by atoms with E-state index in [0.29, 0.717) is 16.5 Å². The van der Waals surface area contributed by atoms with Gasteiger partial charge in [-0.25, -0.2) is 5.43 Å². The highest BCUT2D eigenvalue weighted by atomic mass is 35.5. The molecule has 0 bridgehead atoms. The summed E-state index contributed by atoms with van der Waals surface area (Å²) in [6, 6.07) is 23.0. The molecule has 0 radical (unpaired) electrons. The molecule has 1 aliphatic heterocycles. The maximum absolute atomic E-state index is 12.5. The van der Waals surface area contributed by atoms with Crippen molar-refractivity contribution < 1.29 is 14.3 Å². The van der Waals surface area contributed by atoms with Crippen LogP contribution in [0.3, 0.4) is 0 Å². The number of hydrogen-bond donors (Lipinski definition) is 1. The van der Waals surface area contributed by atoms with E-state index in [1.165, 1.54) is 0 Å². The summed E-state index contributed by atoms with van der Waals surface area (Å²) >= 11 is 6.63. The summed E-state index contributed by atoms with van der Waals surface area (Å²) < 4.78 is 11.3. The highest BCUT2D eigenvalue weighted by Gasteiger charge is 2.27. The van der Waals surface area contributed by atoms with Gasteiger partial charge in [0.2, 0.25) is 6.10 Å². The standard InChI is InChI=1S/C24H17ClN2O3/c25-23-17-9-3-1-7-15(17)19(16-8-2-4-10-18(16)23)13-26-27-24(28)22-14-29-20-11-5-6-12-21(20)30-22/h1-13,22H,14H2,(H,27,28). The van der Waals surface area contributed by atoms with Crippen molar-refractivity contribution in [1.82, 2.24) is 5.43 Å². The van der Waals surface area contributed by atoms with E-state index in [1.54, 1.807) is 18.3 Å². The molecule has 0 saturated heterocycles. The number of nitrogens with zero attached hydrogens (tertiary/aromatic N) is 1. The average molecular weight is 417 g/mol. The van der Waals surface area contributed by atoms with E-state index < -0.39 is 6.10 Å². The van der Waals surface area contributed by atoms with Gasteiger partial charge in [-0.3, -0.25) is 4.79 Å². The molecule has 0 fully saturated rings. The summed E-state index contributed by atoms with van der Waals surface area (Å²) in [7, 11) is 0. The number of nitrogens with one attached hydrogen (secondary N) is 1. The Balaban J connectivity index is 1.43. The fourth-order valence-electron chi connectivity index (χ4n) is 3.63. The number of hydrogen-bond acceptors (Lipinski definition) is 4. The predicted molar refractivity (Wildman–Crippen MR) is 119 cm³/mol. The minimum atomic E-state index is -0.768. The molecule has 6 heteroatoms. The van der Waals surface area contributed by atoms with Crippen molar-refractivity contribution in [2.45, 2.75) is 6.10 Å². The quantitative estimate of drug-likeness (QED) is 0.292. The Bertz CT molecular complexity index is 1250. The summed E-state index contributed by atoms with van der Waals surface area (Å²) in [5, 5.41) is 8.70. The Kier molecular flexibility index (Phi) is 4.73.